The highest BCUT2D eigenvalue weighted by Gasteiger charge is 1.77. The molecule has 0 fully saturated rings. The van der Waals surface area contributed by atoms with Gasteiger partial charge in [0.15, 0.2) is 0 Å². The van der Waals surface area contributed by atoms with Gasteiger partial charge >= 0.3 is 0 Å². The Morgan fingerprint density at radius 3 is 2.50 bits per heavy atom. The molecule has 0 rings (SSSR count). The molecule has 0 heterocycles. The predicted octanol–water partition coefficient (Wildman–Crippen LogP) is 2.62. The zero-order chi connectivity index (χ0) is 7.82. The standard InChI is InChI=1S/C7H6Cl2O/c8-5-4-7(9)3-1-2-6-10/h1-6H/b2-1+,5-4+,7-3+. The highest BCUT2D eigenvalue weighted by atomic mass is 35.5. The van der Waals surface area contributed by atoms with Gasteiger partial charge in [0, 0.05) is 10.6 Å². The van der Waals surface area contributed by atoms with Crippen molar-refractivity contribution in [3.63, 3.8) is 0 Å². The summed E-state index contributed by atoms with van der Waals surface area (Å²) in [7, 11) is 0. The molecule has 0 saturated heterocycles. The second kappa shape index (κ2) is 6.59. The van der Waals surface area contributed by atoms with Gasteiger partial charge in [0.25, 0.3) is 0 Å². The zero-order valence-corrected chi connectivity index (χ0v) is 6.64. The zero-order valence-electron chi connectivity index (χ0n) is 5.13. The lowest BCUT2D eigenvalue weighted by atomic mass is 10.4. The summed E-state index contributed by atoms with van der Waals surface area (Å²) < 4.78 is 0. The van der Waals surface area contributed by atoms with E-state index >= 15 is 0 Å². The highest BCUT2D eigenvalue weighted by molar-refractivity contribution is 6.33. The average Bonchev–Trinajstić information content (AvgIpc) is 1.89. The van der Waals surface area contributed by atoms with Crippen LogP contribution in [0, 0.1) is 0 Å². The SMILES string of the molecule is O=C/C=C/C=C(Cl)\C=C\Cl. The minimum atomic E-state index is 0.480. The molecular weight excluding hydrogens is 171 g/mol. The second-order valence-electron chi connectivity index (χ2n) is 1.37. The average molecular weight is 177 g/mol. The molecule has 0 unspecified atom stereocenters. The Balaban J connectivity index is 3.90. The van der Waals surface area contributed by atoms with Crippen LogP contribution in [0.15, 0.2) is 34.9 Å². The van der Waals surface area contributed by atoms with E-state index in [4.69, 9.17) is 23.2 Å². The van der Waals surface area contributed by atoms with Crippen LogP contribution in [0.5, 0.6) is 0 Å². The van der Waals surface area contributed by atoms with E-state index in [-0.39, 0.29) is 0 Å². The fraction of sp³-hybridized carbons (Fsp3) is 0. The molecular formula is C7H6Cl2O. The third-order valence-electron chi connectivity index (χ3n) is 0.667. The van der Waals surface area contributed by atoms with Gasteiger partial charge in [-0.15, -0.1) is 0 Å². The smallest absolute Gasteiger partial charge is 0.142 e. The summed E-state index contributed by atoms with van der Waals surface area (Å²) in [4.78, 5) is 9.74. The number of aldehydes is 1. The molecule has 0 spiro atoms. The molecule has 0 aliphatic rings. The van der Waals surface area contributed by atoms with E-state index in [1.165, 1.54) is 23.8 Å². The van der Waals surface area contributed by atoms with Crippen LogP contribution in [-0.4, -0.2) is 6.29 Å². The van der Waals surface area contributed by atoms with Crippen LogP contribution in [0.25, 0.3) is 0 Å². The number of halogens is 2. The lowest BCUT2D eigenvalue weighted by molar-refractivity contribution is -0.104. The van der Waals surface area contributed by atoms with E-state index in [0.29, 0.717) is 11.3 Å². The lowest BCUT2D eigenvalue weighted by Crippen LogP contribution is -1.60. The van der Waals surface area contributed by atoms with Crippen LogP contribution >= 0.6 is 23.2 Å². The molecule has 0 aliphatic heterocycles. The lowest BCUT2D eigenvalue weighted by Gasteiger charge is -1.79. The van der Waals surface area contributed by atoms with Crippen molar-refractivity contribution in [2.45, 2.75) is 0 Å². The van der Waals surface area contributed by atoms with Gasteiger partial charge < -0.3 is 0 Å². The Bertz CT molecular complexity index is 180. The van der Waals surface area contributed by atoms with Crippen molar-refractivity contribution in [2.75, 3.05) is 0 Å². The molecule has 54 valence electrons. The third kappa shape index (κ3) is 5.60. The summed E-state index contributed by atoms with van der Waals surface area (Å²) >= 11 is 10.7. The van der Waals surface area contributed by atoms with E-state index < -0.39 is 0 Å². The maximum Gasteiger partial charge on any atom is 0.142 e. The fourth-order valence-corrected chi connectivity index (χ4v) is 0.645. The van der Waals surface area contributed by atoms with Gasteiger partial charge in [0.05, 0.1) is 0 Å². The quantitative estimate of drug-likeness (QED) is 0.368. The van der Waals surface area contributed by atoms with E-state index in [1.807, 2.05) is 0 Å². The first kappa shape index (κ1) is 9.47. The van der Waals surface area contributed by atoms with Gasteiger partial charge in [-0.05, 0) is 18.2 Å². The molecule has 0 saturated carbocycles. The first-order valence-electron chi connectivity index (χ1n) is 2.55. The Kier molecular flexibility index (Phi) is 6.24. The van der Waals surface area contributed by atoms with E-state index in [1.54, 1.807) is 6.08 Å². The highest BCUT2D eigenvalue weighted by Crippen LogP contribution is 2.03. The van der Waals surface area contributed by atoms with Crippen LogP contribution < -0.4 is 0 Å². The van der Waals surface area contributed by atoms with Gasteiger partial charge in [-0.25, -0.2) is 0 Å². The topological polar surface area (TPSA) is 17.1 Å². The van der Waals surface area contributed by atoms with Crippen molar-refractivity contribution < 1.29 is 4.79 Å². The van der Waals surface area contributed by atoms with E-state index in [2.05, 4.69) is 0 Å². The van der Waals surface area contributed by atoms with Crippen LogP contribution in [0.4, 0.5) is 0 Å². The van der Waals surface area contributed by atoms with Crippen molar-refractivity contribution in [3.8, 4) is 0 Å². The molecule has 10 heavy (non-hydrogen) atoms. The number of carbonyl (C=O) groups excluding carboxylic acids is 1. The minimum absolute atomic E-state index is 0.480. The van der Waals surface area contributed by atoms with Gasteiger partial charge in [0.1, 0.15) is 6.29 Å². The molecule has 0 aromatic carbocycles. The number of rotatable bonds is 3. The van der Waals surface area contributed by atoms with Crippen molar-refractivity contribution >= 4 is 29.5 Å². The Hall–Kier alpha value is -0.530. The first-order chi connectivity index (χ1) is 4.81. The monoisotopic (exact) mass is 176 g/mol. The number of hydrogen-bond acceptors (Lipinski definition) is 1. The van der Waals surface area contributed by atoms with Gasteiger partial charge in [0.2, 0.25) is 0 Å². The van der Waals surface area contributed by atoms with Gasteiger partial charge in [-0.3, -0.25) is 4.79 Å². The maximum absolute atomic E-state index is 9.74. The molecule has 0 radical (unpaired) electrons. The molecule has 0 bridgehead atoms. The van der Waals surface area contributed by atoms with Crippen LogP contribution in [0.2, 0.25) is 0 Å². The summed E-state index contributed by atoms with van der Waals surface area (Å²) in [6.07, 6.45) is 6.62. The van der Waals surface area contributed by atoms with Crippen LogP contribution in [-0.2, 0) is 4.79 Å². The van der Waals surface area contributed by atoms with Crippen LogP contribution in [0.3, 0.4) is 0 Å². The van der Waals surface area contributed by atoms with Crippen LogP contribution in [0.1, 0.15) is 0 Å². The summed E-state index contributed by atoms with van der Waals surface area (Å²) in [6, 6.07) is 0. The number of allylic oxidation sites excluding steroid dienone is 5. The molecule has 0 amide bonds. The summed E-state index contributed by atoms with van der Waals surface area (Å²) in [5.41, 5.74) is 1.30. The minimum Gasteiger partial charge on any atom is -0.299 e. The fourth-order valence-electron chi connectivity index (χ4n) is 0.309. The molecule has 0 atom stereocenters. The van der Waals surface area contributed by atoms with Crippen molar-refractivity contribution in [2.24, 2.45) is 0 Å². The Morgan fingerprint density at radius 2 is 2.00 bits per heavy atom. The van der Waals surface area contributed by atoms with Gasteiger partial charge in [-0.1, -0.05) is 29.3 Å². The molecule has 3 heteroatoms. The third-order valence-corrected chi connectivity index (χ3v) is 1.05. The molecule has 1 nitrogen and oxygen atoms in total. The maximum atomic E-state index is 9.74. The van der Waals surface area contributed by atoms with E-state index in [0.717, 1.165) is 0 Å². The first-order valence-corrected chi connectivity index (χ1v) is 3.37. The molecule has 0 aromatic heterocycles. The van der Waals surface area contributed by atoms with Gasteiger partial charge in [-0.2, -0.15) is 0 Å². The summed E-state index contributed by atoms with van der Waals surface area (Å²) in [6.45, 7) is 0. The molecule has 0 aliphatic carbocycles. The summed E-state index contributed by atoms with van der Waals surface area (Å²) in [5, 5.41) is 0.480. The largest absolute Gasteiger partial charge is 0.299 e. The summed E-state index contributed by atoms with van der Waals surface area (Å²) in [5.74, 6) is 0. The number of carbonyl (C=O) groups is 1. The van der Waals surface area contributed by atoms with E-state index in [9.17, 15) is 4.79 Å². The van der Waals surface area contributed by atoms with Crippen molar-refractivity contribution in [3.05, 3.63) is 34.9 Å². The Morgan fingerprint density at radius 1 is 1.30 bits per heavy atom. The Labute approximate surface area is 69.6 Å². The second-order valence-corrected chi connectivity index (χ2v) is 2.05. The normalized spacial score (nSPS) is 13.2. The number of hydrogen-bond donors (Lipinski definition) is 0. The molecule has 0 N–H and O–H groups in total. The van der Waals surface area contributed by atoms with Crippen molar-refractivity contribution in [1.82, 2.24) is 0 Å². The van der Waals surface area contributed by atoms with Crippen molar-refractivity contribution in [1.29, 1.82) is 0 Å². The predicted molar refractivity (Wildman–Crippen MR) is 44.1 cm³/mol. The molecule has 0 aromatic rings.